The topological polar surface area (TPSA) is 38.2 Å². The first kappa shape index (κ1) is 10.4. The van der Waals surface area contributed by atoms with Crippen LogP contribution in [0, 0.1) is 0 Å². The molecule has 0 saturated carbocycles. The Balaban J connectivity index is 2.13. The minimum absolute atomic E-state index is 0.428. The zero-order chi connectivity index (χ0) is 10.7. The van der Waals surface area contributed by atoms with Gasteiger partial charge in [-0.15, -0.1) is 5.10 Å². The lowest BCUT2D eigenvalue weighted by molar-refractivity contribution is 0.182. The van der Waals surface area contributed by atoms with Gasteiger partial charge in [-0.1, -0.05) is 6.42 Å². The molecule has 1 fully saturated rings. The van der Waals surface area contributed by atoms with E-state index in [0.717, 1.165) is 12.2 Å². The summed E-state index contributed by atoms with van der Waals surface area (Å²) in [5, 5.41) is 8.21. The Hall–Kier alpha value is -1.16. The van der Waals surface area contributed by atoms with Gasteiger partial charge in [-0.2, -0.15) is 5.10 Å². The standard InChI is InChI=1S/C11H17N3O/c1-14-8-4-3-5-10(14)9-6-7-11(15-2)13-12-9/h6-7,10H,3-5,8H2,1-2H3. The molecule has 15 heavy (non-hydrogen) atoms. The Morgan fingerprint density at radius 2 is 2.20 bits per heavy atom. The molecule has 0 bridgehead atoms. The van der Waals surface area contributed by atoms with E-state index in [2.05, 4.69) is 22.1 Å². The highest BCUT2D eigenvalue weighted by Crippen LogP contribution is 2.27. The molecule has 1 saturated heterocycles. The Labute approximate surface area is 90.3 Å². The molecule has 0 N–H and O–H groups in total. The van der Waals surface area contributed by atoms with Crippen LogP contribution in [0.4, 0.5) is 0 Å². The number of nitrogens with zero attached hydrogens (tertiary/aromatic N) is 3. The van der Waals surface area contributed by atoms with E-state index in [1.54, 1.807) is 7.11 Å². The van der Waals surface area contributed by atoms with Crippen molar-refractivity contribution < 1.29 is 4.74 Å². The van der Waals surface area contributed by atoms with Crippen LogP contribution < -0.4 is 4.74 Å². The summed E-state index contributed by atoms with van der Waals surface area (Å²) in [4.78, 5) is 2.35. The number of aromatic nitrogens is 2. The summed E-state index contributed by atoms with van der Waals surface area (Å²) in [7, 11) is 3.76. The van der Waals surface area contributed by atoms with Crippen LogP contribution in [-0.4, -0.2) is 35.8 Å². The first-order chi connectivity index (χ1) is 7.31. The predicted molar refractivity (Wildman–Crippen MR) is 57.8 cm³/mol. The Morgan fingerprint density at radius 3 is 2.80 bits per heavy atom. The summed E-state index contributed by atoms with van der Waals surface area (Å²) < 4.78 is 5.00. The average molecular weight is 207 g/mol. The number of methoxy groups -OCH3 is 1. The maximum Gasteiger partial charge on any atom is 0.233 e. The number of piperidine rings is 1. The second-order valence-electron chi connectivity index (χ2n) is 3.99. The van der Waals surface area contributed by atoms with Crippen LogP contribution in [0.1, 0.15) is 31.0 Å². The van der Waals surface area contributed by atoms with E-state index in [1.807, 2.05) is 12.1 Å². The third-order valence-electron chi connectivity index (χ3n) is 2.98. The monoisotopic (exact) mass is 207 g/mol. The molecule has 0 amide bonds. The Morgan fingerprint density at radius 1 is 1.33 bits per heavy atom. The molecule has 0 spiro atoms. The molecule has 1 aromatic rings. The van der Waals surface area contributed by atoms with Gasteiger partial charge in [0.15, 0.2) is 0 Å². The van der Waals surface area contributed by atoms with E-state index in [-0.39, 0.29) is 0 Å². The van der Waals surface area contributed by atoms with E-state index >= 15 is 0 Å². The molecule has 1 aromatic heterocycles. The minimum atomic E-state index is 0.428. The molecule has 2 heterocycles. The number of hydrogen-bond acceptors (Lipinski definition) is 4. The summed E-state index contributed by atoms with van der Waals surface area (Å²) in [5.41, 5.74) is 1.05. The van der Waals surface area contributed by atoms with Gasteiger partial charge in [0.2, 0.25) is 5.88 Å². The first-order valence-electron chi connectivity index (χ1n) is 5.39. The van der Waals surface area contributed by atoms with E-state index < -0.39 is 0 Å². The third kappa shape index (κ3) is 2.26. The fraction of sp³-hybridized carbons (Fsp3) is 0.636. The van der Waals surface area contributed by atoms with Gasteiger partial charge >= 0.3 is 0 Å². The minimum Gasteiger partial charge on any atom is -0.480 e. The van der Waals surface area contributed by atoms with Crippen LogP contribution in [0.15, 0.2) is 12.1 Å². The lowest BCUT2D eigenvalue weighted by atomic mass is 10.00. The number of rotatable bonds is 2. The van der Waals surface area contributed by atoms with Crippen molar-refractivity contribution in [1.29, 1.82) is 0 Å². The molecular weight excluding hydrogens is 190 g/mol. The van der Waals surface area contributed by atoms with Gasteiger partial charge in [-0.05, 0) is 32.5 Å². The summed E-state index contributed by atoms with van der Waals surface area (Å²) in [6.45, 7) is 1.15. The molecule has 1 aliphatic rings. The van der Waals surface area contributed by atoms with Crippen LogP contribution in [0.2, 0.25) is 0 Å². The molecule has 0 aromatic carbocycles. The molecular formula is C11H17N3O. The maximum atomic E-state index is 5.00. The molecule has 0 aliphatic carbocycles. The zero-order valence-electron chi connectivity index (χ0n) is 9.31. The average Bonchev–Trinajstić information content (AvgIpc) is 2.30. The molecule has 82 valence electrons. The van der Waals surface area contributed by atoms with E-state index in [4.69, 9.17) is 4.74 Å². The van der Waals surface area contributed by atoms with Gasteiger partial charge in [0.1, 0.15) is 0 Å². The first-order valence-corrected chi connectivity index (χ1v) is 5.39. The van der Waals surface area contributed by atoms with Crippen molar-refractivity contribution in [2.45, 2.75) is 25.3 Å². The normalized spacial score (nSPS) is 22.7. The van der Waals surface area contributed by atoms with Crippen molar-refractivity contribution in [1.82, 2.24) is 15.1 Å². The smallest absolute Gasteiger partial charge is 0.233 e. The lowest BCUT2D eigenvalue weighted by Gasteiger charge is -2.31. The van der Waals surface area contributed by atoms with Crippen molar-refractivity contribution in [2.24, 2.45) is 0 Å². The fourth-order valence-electron chi connectivity index (χ4n) is 2.07. The van der Waals surface area contributed by atoms with Gasteiger partial charge in [0.05, 0.1) is 18.8 Å². The molecule has 2 rings (SSSR count). The quantitative estimate of drug-likeness (QED) is 0.739. The Bertz CT molecular complexity index is 312. The molecule has 1 atom stereocenters. The number of hydrogen-bond donors (Lipinski definition) is 0. The van der Waals surface area contributed by atoms with Gasteiger partial charge in [-0.3, -0.25) is 4.90 Å². The molecule has 4 heteroatoms. The molecule has 4 nitrogen and oxygen atoms in total. The summed E-state index contributed by atoms with van der Waals surface area (Å²) in [6, 6.07) is 4.32. The maximum absolute atomic E-state index is 5.00. The van der Waals surface area contributed by atoms with Gasteiger partial charge in [-0.25, -0.2) is 0 Å². The van der Waals surface area contributed by atoms with E-state index in [9.17, 15) is 0 Å². The lowest BCUT2D eigenvalue weighted by Crippen LogP contribution is -2.30. The second-order valence-corrected chi connectivity index (χ2v) is 3.99. The third-order valence-corrected chi connectivity index (χ3v) is 2.98. The van der Waals surface area contributed by atoms with Gasteiger partial charge in [0, 0.05) is 6.07 Å². The van der Waals surface area contributed by atoms with Gasteiger partial charge in [0.25, 0.3) is 0 Å². The largest absolute Gasteiger partial charge is 0.480 e. The highest BCUT2D eigenvalue weighted by Gasteiger charge is 2.21. The van der Waals surface area contributed by atoms with Gasteiger partial charge < -0.3 is 4.74 Å². The van der Waals surface area contributed by atoms with Crippen molar-refractivity contribution in [3.63, 3.8) is 0 Å². The molecule has 1 aliphatic heterocycles. The Kier molecular flexibility index (Phi) is 3.16. The van der Waals surface area contributed by atoms with Crippen LogP contribution >= 0.6 is 0 Å². The number of likely N-dealkylation sites (tertiary alicyclic amines) is 1. The SMILES string of the molecule is COc1ccc(C2CCCCN2C)nn1. The zero-order valence-corrected chi connectivity index (χ0v) is 9.31. The number of ether oxygens (including phenoxy) is 1. The van der Waals surface area contributed by atoms with Crippen molar-refractivity contribution in [2.75, 3.05) is 20.7 Å². The van der Waals surface area contributed by atoms with Crippen molar-refractivity contribution in [3.8, 4) is 5.88 Å². The van der Waals surface area contributed by atoms with E-state index in [1.165, 1.54) is 19.3 Å². The fourth-order valence-corrected chi connectivity index (χ4v) is 2.07. The predicted octanol–water partition coefficient (Wildman–Crippen LogP) is 1.64. The highest BCUT2D eigenvalue weighted by atomic mass is 16.5. The van der Waals surface area contributed by atoms with Crippen LogP contribution in [0.3, 0.4) is 0 Å². The summed E-state index contributed by atoms with van der Waals surface area (Å²) >= 11 is 0. The highest BCUT2D eigenvalue weighted by molar-refractivity contribution is 5.14. The van der Waals surface area contributed by atoms with Crippen LogP contribution in [-0.2, 0) is 0 Å². The van der Waals surface area contributed by atoms with Crippen molar-refractivity contribution in [3.05, 3.63) is 17.8 Å². The van der Waals surface area contributed by atoms with Crippen LogP contribution in [0.5, 0.6) is 5.88 Å². The van der Waals surface area contributed by atoms with Crippen LogP contribution in [0.25, 0.3) is 0 Å². The summed E-state index contributed by atoms with van der Waals surface area (Å²) in [6.07, 6.45) is 3.75. The second kappa shape index (κ2) is 4.57. The van der Waals surface area contributed by atoms with Crippen molar-refractivity contribution >= 4 is 0 Å². The molecule has 1 unspecified atom stereocenters. The molecule has 0 radical (unpaired) electrons. The van der Waals surface area contributed by atoms with E-state index in [0.29, 0.717) is 11.9 Å². The summed E-state index contributed by atoms with van der Waals surface area (Å²) in [5.74, 6) is 0.581.